The Morgan fingerprint density at radius 2 is 2.00 bits per heavy atom. The van der Waals surface area contributed by atoms with Gasteiger partial charge in [-0.1, -0.05) is 18.2 Å². The zero-order valence-electron chi connectivity index (χ0n) is 14.2. The van der Waals surface area contributed by atoms with Crippen LogP contribution in [-0.4, -0.2) is 30.8 Å². The predicted octanol–water partition coefficient (Wildman–Crippen LogP) is 2.91. The molecule has 0 aliphatic heterocycles. The standard InChI is InChI=1S/C19H14N4O4/c1-11-7-15-14(8-16(11)27-13-5-3-2-4-6-13)17(24)22-19(21-15)23-10-12(9-20-23)18(25)26/h2-10H,1H3,(H,25,26)(H,21,22,24). The maximum atomic E-state index is 12.5. The van der Waals surface area contributed by atoms with Crippen molar-refractivity contribution in [2.75, 3.05) is 0 Å². The molecule has 2 aromatic heterocycles. The van der Waals surface area contributed by atoms with Crippen molar-refractivity contribution < 1.29 is 14.6 Å². The van der Waals surface area contributed by atoms with E-state index in [0.29, 0.717) is 22.4 Å². The summed E-state index contributed by atoms with van der Waals surface area (Å²) in [5.41, 5.74) is 0.891. The van der Waals surface area contributed by atoms with Crippen LogP contribution in [0.3, 0.4) is 0 Å². The SMILES string of the molecule is Cc1cc2nc(-n3cc(C(=O)O)cn3)[nH]c(=O)c2cc1Oc1ccccc1. The van der Waals surface area contributed by atoms with E-state index in [0.717, 1.165) is 5.56 Å². The van der Waals surface area contributed by atoms with E-state index in [4.69, 9.17) is 9.84 Å². The number of H-pyrrole nitrogens is 1. The van der Waals surface area contributed by atoms with E-state index in [2.05, 4.69) is 15.1 Å². The van der Waals surface area contributed by atoms with Crippen LogP contribution in [0.4, 0.5) is 0 Å². The molecule has 8 nitrogen and oxygen atoms in total. The predicted molar refractivity (Wildman–Crippen MR) is 97.7 cm³/mol. The molecule has 2 heterocycles. The van der Waals surface area contributed by atoms with Crippen LogP contribution in [0.15, 0.2) is 59.7 Å². The minimum absolute atomic E-state index is 0.000496. The van der Waals surface area contributed by atoms with Gasteiger partial charge in [0.15, 0.2) is 0 Å². The minimum Gasteiger partial charge on any atom is -0.478 e. The number of aryl methyl sites for hydroxylation is 1. The third kappa shape index (κ3) is 3.15. The molecule has 2 aromatic carbocycles. The van der Waals surface area contributed by atoms with Crippen molar-refractivity contribution in [2.45, 2.75) is 6.92 Å². The summed E-state index contributed by atoms with van der Waals surface area (Å²) >= 11 is 0. The van der Waals surface area contributed by atoms with Gasteiger partial charge in [0.05, 0.1) is 22.7 Å². The highest BCUT2D eigenvalue weighted by molar-refractivity contribution is 5.87. The summed E-state index contributed by atoms with van der Waals surface area (Å²) in [4.78, 5) is 30.5. The van der Waals surface area contributed by atoms with E-state index in [1.165, 1.54) is 17.1 Å². The molecule has 8 heteroatoms. The Morgan fingerprint density at radius 1 is 1.22 bits per heavy atom. The number of aromatic carboxylic acids is 1. The van der Waals surface area contributed by atoms with Crippen LogP contribution in [0.25, 0.3) is 16.9 Å². The van der Waals surface area contributed by atoms with Gasteiger partial charge in [0.2, 0.25) is 5.95 Å². The van der Waals surface area contributed by atoms with Gasteiger partial charge in [0.25, 0.3) is 5.56 Å². The highest BCUT2D eigenvalue weighted by atomic mass is 16.5. The molecule has 0 aliphatic rings. The van der Waals surface area contributed by atoms with Crippen molar-refractivity contribution in [3.63, 3.8) is 0 Å². The summed E-state index contributed by atoms with van der Waals surface area (Å²) in [6.07, 6.45) is 2.47. The molecule has 0 radical (unpaired) electrons. The van der Waals surface area contributed by atoms with E-state index in [9.17, 15) is 9.59 Å². The maximum Gasteiger partial charge on any atom is 0.338 e. The molecule has 0 unspecified atom stereocenters. The molecular formula is C19H14N4O4. The van der Waals surface area contributed by atoms with Crippen LogP contribution < -0.4 is 10.3 Å². The first-order chi connectivity index (χ1) is 13.0. The number of nitrogens with one attached hydrogen (secondary N) is 1. The molecule has 4 rings (SSSR count). The van der Waals surface area contributed by atoms with Gasteiger partial charge in [-0.3, -0.25) is 9.78 Å². The molecule has 0 spiro atoms. The maximum absolute atomic E-state index is 12.5. The van der Waals surface area contributed by atoms with Crippen LogP contribution in [0.1, 0.15) is 15.9 Å². The lowest BCUT2D eigenvalue weighted by molar-refractivity contribution is 0.0697. The fourth-order valence-corrected chi connectivity index (χ4v) is 2.64. The number of nitrogens with zero attached hydrogens (tertiary/aromatic N) is 3. The summed E-state index contributed by atoms with van der Waals surface area (Å²) in [7, 11) is 0. The molecular weight excluding hydrogens is 348 g/mol. The topological polar surface area (TPSA) is 110 Å². The molecule has 0 bridgehead atoms. The molecule has 0 atom stereocenters. The zero-order valence-corrected chi connectivity index (χ0v) is 14.2. The molecule has 0 aliphatic carbocycles. The number of aromatic amines is 1. The second-order valence-electron chi connectivity index (χ2n) is 5.92. The minimum atomic E-state index is -1.11. The van der Waals surface area contributed by atoms with E-state index in [1.807, 2.05) is 37.3 Å². The average Bonchev–Trinajstić information content (AvgIpc) is 3.14. The number of aromatic nitrogens is 4. The van der Waals surface area contributed by atoms with Gasteiger partial charge in [0, 0.05) is 6.20 Å². The third-order valence-electron chi connectivity index (χ3n) is 4.01. The number of carboxylic acids is 1. The van der Waals surface area contributed by atoms with E-state index in [1.54, 1.807) is 12.1 Å². The summed E-state index contributed by atoms with van der Waals surface area (Å²) in [5, 5.41) is 13.3. The first kappa shape index (κ1) is 16.5. The number of carbonyl (C=O) groups is 1. The van der Waals surface area contributed by atoms with Crippen molar-refractivity contribution >= 4 is 16.9 Å². The zero-order chi connectivity index (χ0) is 19.0. The second-order valence-corrected chi connectivity index (χ2v) is 5.92. The number of hydrogen-bond acceptors (Lipinski definition) is 5. The first-order valence-electron chi connectivity index (χ1n) is 8.07. The largest absolute Gasteiger partial charge is 0.478 e. The van der Waals surface area contributed by atoms with Crippen LogP contribution in [0.2, 0.25) is 0 Å². The highest BCUT2D eigenvalue weighted by Crippen LogP contribution is 2.27. The molecule has 0 amide bonds. The Hall–Kier alpha value is -3.94. The van der Waals surface area contributed by atoms with Crippen molar-refractivity contribution in [2.24, 2.45) is 0 Å². The van der Waals surface area contributed by atoms with Crippen LogP contribution in [0, 0.1) is 6.92 Å². The normalized spacial score (nSPS) is 10.9. The van der Waals surface area contributed by atoms with E-state index < -0.39 is 5.97 Å². The Bertz CT molecular complexity index is 1210. The van der Waals surface area contributed by atoms with Gasteiger partial charge >= 0.3 is 5.97 Å². The van der Waals surface area contributed by atoms with Crippen molar-refractivity contribution in [3.05, 3.63) is 76.3 Å². The van der Waals surface area contributed by atoms with Gasteiger partial charge in [-0.05, 0) is 36.8 Å². The monoisotopic (exact) mass is 362 g/mol. The Labute approximate surface area is 152 Å². The van der Waals surface area contributed by atoms with Crippen molar-refractivity contribution in [1.29, 1.82) is 0 Å². The lowest BCUT2D eigenvalue weighted by Gasteiger charge is -2.10. The Morgan fingerprint density at radius 3 is 2.70 bits per heavy atom. The number of ether oxygens (including phenoxy) is 1. The fraction of sp³-hybridized carbons (Fsp3) is 0.0526. The Balaban J connectivity index is 1.78. The van der Waals surface area contributed by atoms with Gasteiger partial charge in [0.1, 0.15) is 11.5 Å². The number of hydrogen-bond donors (Lipinski definition) is 2. The van der Waals surface area contributed by atoms with Gasteiger partial charge in [-0.25, -0.2) is 14.5 Å². The summed E-state index contributed by atoms with van der Waals surface area (Å²) in [5.74, 6) is 0.249. The third-order valence-corrected chi connectivity index (χ3v) is 4.01. The molecule has 4 aromatic rings. The molecule has 0 saturated carbocycles. The van der Waals surface area contributed by atoms with Crippen LogP contribution in [-0.2, 0) is 0 Å². The Kier molecular flexibility index (Phi) is 3.92. The number of fused-ring (bicyclic) bond motifs is 1. The van der Waals surface area contributed by atoms with Gasteiger partial charge in [-0.2, -0.15) is 5.10 Å². The smallest absolute Gasteiger partial charge is 0.338 e. The highest BCUT2D eigenvalue weighted by Gasteiger charge is 2.13. The molecule has 0 saturated heterocycles. The first-order valence-corrected chi connectivity index (χ1v) is 8.07. The summed E-state index contributed by atoms with van der Waals surface area (Å²) < 4.78 is 7.07. The van der Waals surface area contributed by atoms with E-state index >= 15 is 0 Å². The van der Waals surface area contributed by atoms with Crippen molar-refractivity contribution in [1.82, 2.24) is 19.7 Å². The van der Waals surface area contributed by atoms with Crippen LogP contribution >= 0.6 is 0 Å². The lowest BCUT2D eigenvalue weighted by Crippen LogP contribution is -2.14. The summed E-state index contributed by atoms with van der Waals surface area (Å²) in [6.45, 7) is 1.86. The van der Waals surface area contributed by atoms with Crippen molar-refractivity contribution in [3.8, 4) is 17.4 Å². The number of benzene rings is 2. The lowest BCUT2D eigenvalue weighted by atomic mass is 10.1. The van der Waals surface area contributed by atoms with E-state index in [-0.39, 0.29) is 17.1 Å². The second kappa shape index (κ2) is 6.41. The molecule has 134 valence electrons. The van der Waals surface area contributed by atoms with Gasteiger partial charge < -0.3 is 9.84 Å². The van der Waals surface area contributed by atoms with Crippen LogP contribution in [0.5, 0.6) is 11.5 Å². The summed E-state index contributed by atoms with van der Waals surface area (Å²) in [6, 6.07) is 12.7. The average molecular weight is 362 g/mol. The quantitative estimate of drug-likeness (QED) is 0.578. The number of rotatable bonds is 4. The number of para-hydroxylation sites is 1. The number of carboxylic acid groups (broad SMARTS) is 1. The molecule has 2 N–H and O–H groups in total. The molecule has 0 fully saturated rings. The molecule has 27 heavy (non-hydrogen) atoms. The fourth-order valence-electron chi connectivity index (χ4n) is 2.64. The van der Waals surface area contributed by atoms with Gasteiger partial charge in [-0.15, -0.1) is 0 Å².